The molecule has 0 unspecified atom stereocenters. The van der Waals surface area contributed by atoms with Gasteiger partial charge in [0.1, 0.15) is 0 Å². The molecule has 0 saturated carbocycles. The van der Waals surface area contributed by atoms with Gasteiger partial charge in [-0.3, -0.25) is 4.98 Å². The minimum absolute atomic E-state index is 0. The molecule has 0 N–H and O–H groups in total. The molecule has 0 atom stereocenters. The summed E-state index contributed by atoms with van der Waals surface area (Å²) in [6.07, 6.45) is 6.94. The standard InChI is InChI=1S/C18H21N.2C3H8.2CH4/c1-4-12-11-15-16(6-3)19-17-10-8-7-9-14(17)18(15)13(12)5-2;2*1-3-2;;/h7-10H,4-6,11H2,1-3H3;2*3H2,1-2H3;2*1H4. The fourth-order valence-electron chi connectivity index (χ4n) is 3.39. The van der Waals surface area contributed by atoms with Crippen molar-refractivity contribution < 1.29 is 0 Å². The van der Waals surface area contributed by atoms with Crippen molar-refractivity contribution in [3.63, 3.8) is 0 Å². The summed E-state index contributed by atoms with van der Waals surface area (Å²) in [4.78, 5) is 4.88. The van der Waals surface area contributed by atoms with E-state index in [9.17, 15) is 0 Å². The average molecular weight is 372 g/mol. The molecule has 27 heavy (non-hydrogen) atoms. The van der Waals surface area contributed by atoms with Crippen molar-refractivity contribution >= 4 is 16.5 Å². The zero-order chi connectivity index (χ0) is 18.8. The fraction of sp³-hybridized carbons (Fsp3) is 0.577. The molecule has 1 aliphatic rings. The molecule has 1 nitrogen and oxygen atoms in total. The summed E-state index contributed by atoms with van der Waals surface area (Å²) < 4.78 is 0. The number of aryl methyl sites for hydroxylation is 1. The Kier molecular flexibility index (Phi) is 14.7. The maximum Gasteiger partial charge on any atom is 0.0711 e. The Labute approximate surface area is 170 Å². The number of para-hydroxylation sites is 1. The Bertz CT molecular complexity index is 693. The first-order valence-corrected chi connectivity index (χ1v) is 10.2. The van der Waals surface area contributed by atoms with Crippen LogP contribution < -0.4 is 0 Å². The van der Waals surface area contributed by atoms with E-state index in [1.807, 2.05) is 0 Å². The molecule has 0 fully saturated rings. The normalized spacial score (nSPS) is 11.4. The molecule has 0 amide bonds. The molecule has 154 valence electrons. The molecular formula is C26H45N. The number of hydrogen-bond donors (Lipinski definition) is 0. The van der Waals surface area contributed by atoms with E-state index in [2.05, 4.69) is 72.7 Å². The molecule has 2 aromatic rings. The quantitative estimate of drug-likeness (QED) is 0.524. The SMILES string of the molecule is C.C.CCC.CCC.CCC1=C(CC)c2c(c(CC)nc3ccccc23)C1. The van der Waals surface area contributed by atoms with Crippen LogP contribution in [0, 0.1) is 0 Å². The molecule has 0 spiro atoms. The maximum atomic E-state index is 4.88. The van der Waals surface area contributed by atoms with Crippen molar-refractivity contribution in [1.82, 2.24) is 4.98 Å². The van der Waals surface area contributed by atoms with Crippen LogP contribution in [0.3, 0.4) is 0 Å². The van der Waals surface area contributed by atoms with Crippen LogP contribution in [0.4, 0.5) is 0 Å². The third kappa shape index (κ3) is 6.48. The molecule has 0 bridgehead atoms. The summed E-state index contributed by atoms with van der Waals surface area (Å²) in [5.74, 6) is 0. The van der Waals surface area contributed by atoms with E-state index in [1.165, 1.54) is 35.0 Å². The fourth-order valence-corrected chi connectivity index (χ4v) is 3.39. The first-order valence-electron chi connectivity index (χ1n) is 10.2. The van der Waals surface area contributed by atoms with Gasteiger partial charge in [-0.15, -0.1) is 0 Å². The summed E-state index contributed by atoms with van der Waals surface area (Å²) in [6, 6.07) is 8.60. The highest BCUT2D eigenvalue weighted by molar-refractivity contribution is 5.96. The van der Waals surface area contributed by atoms with Crippen LogP contribution in [0.25, 0.3) is 16.5 Å². The molecule has 1 heteroatoms. The topological polar surface area (TPSA) is 12.9 Å². The van der Waals surface area contributed by atoms with Crippen LogP contribution in [0.5, 0.6) is 0 Å². The lowest BCUT2D eigenvalue weighted by Gasteiger charge is -2.12. The van der Waals surface area contributed by atoms with E-state index in [1.54, 1.807) is 11.1 Å². The van der Waals surface area contributed by atoms with Gasteiger partial charge in [-0.1, -0.05) is 99.9 Å². The van der Waals surface area contributed by atoms with Gasteiger partial charge in [-0.05, 0) is 48.4 Å². The molecule has 0 saturated heterocycles. The largest absolute Gasteiger partial charge is 0.253 e. The summed E-state index contributed by atoms with van der Waals surface area (Å²) in [7, 11) is 0. The van der Waals surface area contributed by atoms with Crippen LogP contribution in [0.1, 0.15) is 106 Å². The molecule has 1 aromatic carbocycles. The minimum Gasteiger partial charge on any atom is -0.253 e. The lowest BCUT2D eigenvalue weighted by Crippen LogP contribution is -1.99. The highest BCUT2D eigenvalue weighted by atomic mass is 14.7. The molecule has 1 aliphatic carbocycles. The first-order chi connectivity index (χ1) is 12.1. The van der Waals surface area contributed by atoms with E-state index in [0.717, 1.165) is 31.2 Å². The van der Waals surface area contributed by atoms with Crippen molar-refractivity contribution in [3.8, 4) is 0 Å². The molecule has 3 rings (SSSR count). The molecule has 1 heterocycles. The monoisotopic (exact) mass is 371 g/mol. The van der Waals surface area contributed by atoms with Gasteiger partial charge in [0.2, 0.25) is 0 Å². The van der Waals surface area contributed by atoms with E-state index in [0.29, 0.717) is 0 Å². The van der Waals surface area contributed by atoms with Crippen molar-refractivity contribution in [3.05, 3.63) is 46.7 Å². The third-order valence-electron chi connectivity index (χ3n) is 4.31. The van der Waals surface area contributed by atoms with E-state index >= 15 is 0 Å². The highest BCUT2D eigenvalue weighted by Crippen LogP contribution is 2.41. The van der Waals surface area contributed by atoms with Gasteiger partial charge in [-0.2, -0.15) is 0 Å². The van der Waals surface area contributed by atoms with Crippen LogP contribution in [-0.2, 0) is 12.8 Å². The highest BCUT2D eigenvalue weighted by Gasteiger charge is 2.24. The number of benzene rings is 1. The Morgan fingerprint density at radius 3 is 1.81 bits per heavy atom. The van der Waals surface area contributed by atoms with Crippen molar-refractivity contribution in [2.75, 3.05) is 0 Å². The Hall–Kier alpha value is -1.63. The van der Waals surface area contributed by atoms with Gasteiger partial charge in [0.25, 0.3) is 0 Å². The maximum absolute atomic E-state index is 4.88. The Balaban J connectivity index is 0. The van der Waals surface area contributed by atoms with Crippen LogP contribution in [0.2, 0.25) is 0 Å². The van der Waals surface area contributed by atoms with Crippen molar-refractivity contribution in [1.29, 1.82) is 0 Å². The van der Waals surface area contributed by atoms with Gasteiger partial charge in [0.05, 0.1) is 5.52 Å². The second kappa shape index (κ2) is 14.4. The summed E-state index contributed by atoms with van der Waals surface area (Å²) in [6.45, 7) is 15.3. The van der Waals surface area contributed by atoms with Gasteiger partial charge in [-0.25, -0.2) is 0 Å². The van der Waals surface area contributed by atoms with Crippen LogP contribution in [-0.4, -0.2) is 4.98 Å². The van der Waals surface area contributed by atoms with Crippen molar-refractivity contribution in [2.24, 2.45) is 0 Å². The Morgan fingerprint density at radius 2 is 1.33 bits per heavy atom. The molecular weight excluding hydrogens is 326 g/mol. The summed E-state index contributed by atoms with van der Waals surface area (Å²) in [5, 5.41) is 1.34. The second-order valence-corrected chi connectivity index (χ2v) is 6.66. The first kappa shape index (κ1) is 27.6. The lowest BCUT2D eigenvalue weighted by atomic mass is 9.96. The Morgan fingerprint density at radius 1 is 0.778 bits per heavy atom. The van der Waals surface area contributed by atoms with E-state index < -0.39 is 0 Å². The number of nitrogens with zero attached hydrogens (tertiary/aromatic N) is 1. The predicted molar refractivity (Wildman–Crippen MR) is 128 cm³/mol. The van der Waals surface area contributed by atoms with Gasteiger partial charge in [0, 0.05) is 11.1 Å². The van der Waals surface area contributed by atoms with Gasteiger partial charge >= 0.3 is 0 Å². The van der Waals surface area contributed by atoms with Gasteiger partial charge < -0.3 is 0 Å². The van der Waals surface area contributed by atoms with Crippen molar-refractivity contribution in [2.45, 2.75) is 102 Å². The van der Waals surface area contributed by atoms with Gasteiger partial charge in [0.15, 0.2) is 0 Å². The lowest BCUT2D eigenvalue weighted by molar-refractivity contribution is 0.969. The second-order valence-electron chi connectivity index (χ2n) is 6.66. The molecule has 0 radical (unpaired) electrons. The van der Waals surface area contributed by atoms with Crippen LogP contribution >= 0.6 is 0 Å². The average Bonchev–Trinajstić information content (AvgIpc) is 3.01. The zero-order valence-corrected chi connectivity index (χ0v) is 17.5. The molecule has 0 aliphatic heterocycles. The number of fused-ring (bicyclic) bond motifs is 3. The summed E-state index contributed by atoms with van der Waals surface area (Å²) >= 11 is 0. The predicted octanol–water partition coefficient (Wildman–Crippen LogP) is 9.03. The number of aromatic nitrogens is 1. The number of allylic oxidation sites excluding steroid dienone is 2. The number of rotatable bonds is 3. The molecule has 1 aromatic heterocycles. The van der Waals surface area contributed by atoms with E-state index in [-0.39, 0.29) is 14.9 Å². The summed E-state index contributed by atoms with van der Waals surface area (Å²) in [5.41, 5.74) is 8.64. The van der Waals surface area contributed by atoms with Crippen LogP contribution in [0.15, 0.2) is 29.8 Å². The zero-order valence-electron chi connectivity index (χ0n) is 17.5. The number of hydrogen-bond acceptors (Lipinski definition) is 1. The third-order valence-corrected chi connectivity index (χ3v) is 4.31. The minimum atomic E-state index is 0. The number of pyridine rings is 1. The smallest absolute Gasteiger partial charge is 0.0711 e. The van der Waals surface area contributed by atoms with E-state index in [4.69, 9.17) is 4.98 Å².